The molecule has 3 aromatic rings. The quantitative estimate of drug-likeness (QED) is 0.731. The third-order valence-electron chi connectivity index (χ3n) is 5.16. The molecule has 7 nitrogen and oxygen atoms in total. The van der Waals surface area contributed by atoms with Gasteiger partial charge in [-0.2, -0.15) is 0 Å². The zero-order valence-corrected chi connectivity index (χ0v) is 15.4. The van der Waals surface area contributed by atoms with Crippen molar-refractivity contribution >= 4 is 16.9 Å². The molecule has 146 valence electrons. The molecule has 0 unspecified atom stereocenters. The van der Waals surface area contributed by atoms with Crippen LogP contribution in [-0.2, 0) is 6.54 Å². The van der Waals surface area contributed by atoms with E-state index in [2.05, 4.69) is 0 Å². The summed E-state index contributed by atoms with van der Waals surface area (Å²) in [6.07, 6.45) is 5.99. The van der Waals surface area contributed by atoms with Crippen LogP contribution in [0.4, 0.5) is 4.79 Å². The number of aromatic nitrogens is 1. The molecule has 0 atom stereocenters. The molecule has 1 amide bonds. The van der Waals surface area contributed by atoms with Gasteiger partial charge in [0.05, 0.1) is 13.2 Å². The summed E-state index contributed by atoms with van der Waals surface area (Å²) in [5, 5.41) is 11.3. The molecule has 1 N–H and O–H groups in total. The number of benzene rings is 1. The Morgan fingerprint density at radius 1 is 1.18 bits per heavy atom. The standard InChI is InChI=1S/C21H22N2O5/c24-19-9-18(12-22-10-16-3-1-2-4-17(16)11-22)27-14-20(19)28-13-15-5-7-23(8-6-15)21(25)26/h1-4,9-11,14-15H,5-8,12-13H2,(H,25,26). The van der Waals surface area contributed by atoms with Gasteiger partial charge in [0.1, 0.15) is 12.0 Å². The van der Waals surface area contributed by atoms with Gasteiger partial charge in [0, 0.05) is 31.5 Å². The minimum absolute atomic E-state index is 0.196. The number of fused-ring (bicyclic) bond motifs is 1. The molecule has 4 rings (SSSR count). The highest BCUT2D eigenvalue weighted by atomic mass is 16.5. The molecule has 7 heteroatoms. The summed E-state index contributed by atoms with van der Waals surface area (Å²) in [6, 6.07) is 9.53. The number of amides is 1. The third kappa shape index (κ3) is 4.03. The second-order valence-corrected chi connectivity index (χ2v) is 7.16. The predicted molar refractivity (Wildman–Crippen MR) is 104 cm³/mol. The number of hydrogen-bond donors (Lipinski definition) is 1. The smallest absolute Gasteiger partial charge is 0.407 e. The van der Waals surface area contributed by atoms with Crippen molar-refractivity contribution in [1.29, 1.82) is 0 Å². The number of piperidine rings is 1. The highest BCUT2D eigenvalue weighted by Gasteiger charge is 2.23. The molecule has 1 aliphatic heterocycles. The van der Waals surface area contributed by atoms with Crippen molar-refractivity contribution in [3.05, 3.63) is 65.0 Å². The molecule has 0 aliphatic carbocycles. The fourth-order valence-electron chi connectivity index (χ4n) is 3.54. The maximum absolute atomic E-state index is 12.3. The van der Waals surface area contributed by atoms with Crippen molar-refractivity contribution in [1.82, 2.24) is 9.47 Å². The maximum Gasteiger partial charge on any atom is 0.407 e. The Hall–Kier alpha value is -3.22. The lowest BCUT2D eigenvalue weighted by atomic mass is 9.98. The first-order chi connectivity index (χ1) is 13.6. The van der Waals surface area contributed by atoms with Crippen LogP contribution in [0, 0.1) is 5.92 Å². The summed E-state index contributed by atoms with van der Waals surface area (Å²) >= 11 is 0. The largest absolute Gasteiger partial charge is 0.486 e. The van der Waals surface area contributed by atoms with Gasteiger partial charge in [-0.25, -0.2) is 4.79 Å². The van der Waals surface area contributed by atoms with Crippen LogP contribution in [-0.4, -0.2) is 40.4 Å². The number of hydrogen-bond acceptors (Lipinski definition) is 4. The van der Waals surface area contributed by atoms with E-state index in [9.17, 15) is 9.59 Å². The summed E-state index contributed by atoms with van der Waals surface area (Å²) in [5.74, 6) is 0.997. The number of likely N-dealkylation sites (tertiary alicyclic amines) is 1. The van der Waals surface area contributed by atoms with Gasteiger partial charge in [0.2, 0.25) is 11.2 Å². The second-order valence-electron chi connectivity index (χ2n) is 7.16. The molecule has 1 aromatic carbocycles. The van der Waals surface area contributed by atoms with E-state index in [1.54, 1.807) is 0 Å². The third-order valence-corrected chi connectivity index (χ3v) is 5.16. The van der Waals surface area contributed by atoms with E-state index in [0.717, 1.165) is 23.6 Å². The summed E-state index contributed by atoms with van der Waals surface area (Å²) in [6.45, 7) is 1.86. The van der Waals surface area contributed by atoms with Crippen molar-refractivity contribution in [2.45, 2.75) is 19.4 Å². The Bertz CT molecular complexity index is 997. The molecule has 0 saturated carbocycles. The van der Waals surface area contributed by atoms with Crippen molar-refractivity contribution in [2.75, 3.05) is 19.7 Å². The van der Waals surface area contributed by atoms with Crippen LogP contribution in [0.15, 0.2) is 58.2 Å². The number of rotatable bonds is 5. The SMILES string of the molecule is O=C(O)N1CCC(COc2coc(Cn3cc4ccccc4c3)cc2=O)CC1. The Kier molecular flexibility index (Phi) is 5.06. The summed E-state index contributed by atoms with van der Waals surface area (Å²) in [5.41, 5.74) is -0.207. The molecule has 0 bridgehead atoms. The number of nitrogens with zero attached hydrogens (tertiary/aromatic N) is 2. The lowest BCUT2D eigenvalue weighted by Gasteiger charge is -2.29. The highest BCUT2D eigenvalue weighted by Crippen LogP contribution is 2.19. The topological polar surface area (TPSA) is 84.9 Å². The van der Waals surface area contributed by atoms with Crippen LogP contribution in [0.5, 0.6) is 5.75 Å². The van der Waals surface area contributed by atoms with Gasteiger partial charge in [0.15, 0.2) is 0 Å². The summed E-state index contributed by atoms with van der Waals surface area (Å²) in [4.78, 5) is 24.7. The van der Waals surface area contributed by atoms with Crippen molar-refractivity contribution in [3.8, 4) is 5.75 Å². The first-order valence-corrected chi connectivity index (χ1v) is 9.35. The van der Waals surface area contributed by atoms with E-state index in [4.69, 9.17) is 14.3 Å². The predicted octanol–water partition coefficient (Wildman–Crippen LogP) is 3.41. The summed E-state index contributed by atoms with van der Waals surface area (Å²) < 4.78 is 13.2. The molecule has 0 radical (unpaired) electrons. The molecule has 1 aliphatic rings. The van der Waals surface area contributed by atoms with E-state index in [-0.39, 0.29) is 17.1 Å². The Morgan fingerprint density at radius 2 is 1.86 bits per heavy atom. The van der Waals surface area contributed by atoms with Crippen molar-refractivity contribution < 1.29 is 19.1 Å². The van der Waals surface area contributed by atoms with E-state index < -0.39 is 6.09 Å². The number of carboxylic acid groups (broad SMARTS) is 1. The number of carbonyl (C=O) groups is 1. The minimum Gasteiger partial charge on any atom is -0.486 e. The zero-order valence-electron chi connectivity index (χ0n) is 15.4. The molecule has 3 heterocycles. The van der Waals surface area contributed by atoms with Gasteiger partial charge in [-0.15, -0.1) is 0 Å². The van der Waals surface area contributed by atoms with E-state index >= 15 is 0 Å². The van der Waals surface area contributed by atoms with Gasteiger partial charge >= 0.3 is 6.09 Å². The van der Waals surface area contributed by atoms with Crippen molar-refractivity contribution in [3.63, 3.8) is 0 Å². The lowest BCUT2D eigenvalue weighted by molar-refractivity contribution is 0.111. The molecular formula is C21H22N2O5. The second kappa shape index (κ2) is 7.80. The molecule has 1 fully saturated rings. The Labute approximate surface area is 161 Å². The normalized spacial score (nSPS) is 15.1. The Morgan fingerprint density at radius 3 is 2.46 bits per heavy atom. The Balaban J connectivity index is 1.35. The molecule has 2 aromatic heterocycles. The maximum atomic E-state index is 12.3. The fraction of sp³-hybridized carbons (Fsp3) is 0.333. The number of ether oxygens (including phenoxy) is 1. The summed E-state index contributed by atoms with van der Waals surface area (Å²) in [7, 11) is 0. The fourth-order valence-corrected chi connectivity index (χ4v) is 3.54. The minimum atomic E-state index is -0.883. The average Bonchev–Trinajstić information content (AvgIpc) is 3.10. The van der Waals surface area contributed by atoms with Gasteiger partial charge < -0.3 is 23.7 Å². The average molecular weight is 382 g/mol. The van der Waals surface area contributed by atoms with Crippen LogP contribution in [0.1, 0.15) is 18.6 Å². The molecular weight excluding hydrogens is 360 g/mol. The van der Waals surface area contributed by atoms with E-state index in [1.165, 1.54) is 17.2 Å². The van der Waals surface area contributed by atoms with Crippen LogP contribution in [0.25, 0.3) is 10.8 Å². The first kappa shape index (κ1) is 18.2. The first-order valence-electron chi connectivity index (χ1n) is 9.35. The van der Waals surface area contributed by atoms with Crippen LogP contribution in [0.2, 0.25) is 0 Å². The molecule has 28 heavy (non-hydrogen) atoms. The van der Waals surface area contributed by atoms with Crippen LogP contribution in [0.3, 0.4) is 0 Å². The monoisotopic (exact) mass is 382 g/mol. The molecule has 0 spiro atoms. The van der Waals surface area contributed by atoms with E-state index in [1.807, 2.05) is 41.2 Å². The van der Waals surface area contributed by atoms with Gasteiger partial charge in [0.25, 0.3) is 0 Å². The zero-order chi connectivity index (χ0) is 19.5. The molecule has 1 saturated heterocycles. The van der Waals surface area contributed by atoms with Crippen LogP contribution < -0.4 is 10.2 Å². The van der Waals surface area contributed by atoms with E-state index in [0.29, 0.717) is 32.0 Å². The highest BCUT2D eigenvalue weighted by molar-refractivity contribution is 5.82. The van der Waals surface area contributed by atoms with Gasteiger partial charge in [-0.3, -0.25) is 4.79 Å². The van der Waals surface area contributed by atoms with Gasteiger partial charge in [-0.05, 0) is 29.5 Å². The van der Waals surface area contributed by atoms with Gasteiger partial charge in [-0.1, -0.05) is 24.3 Å². The lowest BCUT2D eigenvalue weighted by Crippen LogP contribution is -2.38. The van der Waals surface area contributed by atoms with Crippen LogP contribution >= 0.6 is 0 Å². The van der Waals surface area contributed by atoms with Crippen molar-refractivity contribution in [2.24, 2.45) is 5.92 Å².